The molecule has 0 spiro atoms. The van der Waals surface area contributed by atoms with Crippen molar-refractivity contribution in [3.8, 4) is 0 Å². The van der Waals surface area contributed by atoms with Crippen molar-refractivity contribution in [2.75, 3.05) is 6.54 Å². The average Bonchev–Trinajstić information content (AvgIpc) is 2.74. The quantitative estimate of drug-likeness (QED) is 0.560. The van der Waals surface area contributed by atoms with Crippen molar-refractivity contribution < 1.29 is 4.79 Å². The Morgan fingerprint density at radius 1 is 1.07 bits per heavy atom. The number of amides is 1. The number of carbonyl (C=O) groups is 1. The first-order chi connectivity index (χ1) is 14.1. The van der Waals surface area contributed by atoms with Crippen LogP contribution < -0.4 is 11.1 Å². The second-order valence-electron chi connectivity index (χ2n) is 6.61. The predicted molar refractivity (Wildman–Crippen MR) is 109 cm³/mol. The lowest BCUT2D eigenvalue weighted by Gasteiger charge is -2.21. The number of hydrogen-bond acceptors (Lipinski definition) is 5. The summed E-state index contributed by atoms with van der Waals surface area (Å²) in [6.07, 6.45) is 1.22. The Morgan fingerprint density at radius 3 is 2.59 bits per heavy atom. The minimum atomic E-state index is -0.342. The van der Waals surface area contributed by atoms with E-state index in [1.807, 2.05) is 19.1 Å². The van der Waals surface area contributed by atoms with Crippen LogP contribution in [0.15, 0.2) is 64.3 Å². The number of fused-ring (bicyclic) bond motifs is 2. The third-order valence-electron chi connectivity index (χ3n) is 4.78. The number of hydrogen-bond donors (Lipinski definition) is 1. The third kappa shape index (κ3) is 3.64. The van der Waals surface area contributed by atoms with E-state index < -0.39 is 0 Å². The lowest BCUT2D eigenvalue weighted by atomic mass is 10.2. The summed E-state index contributed by atoms with van der Waals surface area (Å²) in [6.45, 7) is 2.28. The van der Waals surface area contributed by atoms with E-state index in [2.05, 4.69) is 15.0 Å². The highest BCUT2D eigenvalue weighted by atomic mass is 16.2. The molecule has 4 aromatic rings. The number of H-pyrrole nitrogens is 1. The molecule has 0 fully saturated rings. The van der Waals surface area contributed by atoms with E-state index in [4.69, 9.17) is 0 Å². The molecule has 1 N–H and O–H groups in total. The van der Waals surface area contributed by atoms with Crippen LogP contribution >= 0.6 is 0 Å². The maximum absolute atomic E-state index is 12.9. The highest BCUT2D eigenvalue weighted by molar-refractivity contribution is 5.80. The Hall–Kier alpha value is -3.81. The Balaban J connectivity index is 1.62. The van der Waals surface area contributed by atoms with E-state index in [1.54, 1.807) is 41.3 Å². The molecule has 0 unspecified atom stereocenters. The van der Waals surface area contributed by atoms with Gasteiger partial charge in [0.15, 0.2) is 0 Å². The van der Waals surface area contributed by atoms with Crippen LogP contribution in [-0.2, 0) is 17.9 Å². The van der Waals surface area contributed by atoms with Crippen molar-refractivity contribution >= 4 is 27.8 Å². The molecule has 0 saturated carbocycles. The summed E-state index contributed by atoms with van der Waals surface area (Å²) in [5.74, 6) is 0.151. The summed E-state index contributed by atoms with van der Waals surface area (Å²) >= 11 is 0. The van der Waals surface area contributed by atoms with Crippen LogP contribution in [0.25, 0.3) is 21.9 Å². The lowest BCUT2D eigenvalue weighted by Crippen LogP contribution is -2.37. The first-order valence-electron chi connectivity index (χ1n) is 9.27. The van der Waals surface area contributed by atoms with Gasteiger partial charge in [0.1, 0.15) is 12.4 Å². The molecular formula is C21H19N5O3. The molecule has 0 aliphatic rings. The summed E-state index contributed by atoms with van der Waals surface area (Å²) in [7, 11) is 0. The topological polar surface area (TPSA) is 101 Å². The fourth-order valence-electron chi connectivity index (χ4n) is 3.28. The number of aromatic nitrogens is 4. The van der Waals surface area contributed by atoms with Crippen LogP contribution in [0.3, 0.4) is 0 Å². The van der Waals surface area contributed by atoms with Crippen molar-refractivity contribution in [1.29, 1.82) is 0 Å². The van der Waals surface area contributed by atoms with E-state index in [0.717, 1.165) is 0 Å². The number of para-hydroxylation sites is 3. The van der Waals surface area contributed by atoms with Gasteiger partial charge in [0.25, 0.3) is 11.1 Å². The smallest absolute Gasteiger partial charge is 0.269 e. The highest BCUT2D eigenvalue weighted by Crippen LogP contribution is 2.10. The molecule has 2 aromatic heterocycles. The molecule has 0 atom stereocenters. The van der Waals surface area contributed by atoms with Gasteiger partial charge in [-0.15, -0.1) is 0 Å². The fraction of sp³-hybridized carbons (Fsp3) is 0.190. The van der Waals surface area contributed by atoms with Gasteiger partial charge in [-0.2, -0.15) is 0 Å². The van der Waals surface area contributed by atoms with Gasteiger partial charge in [-0.3, -0.25) is 19.0 Å². The zero-order valence-corrected chi connectivity index (χ0v) is 15.8. The van der Waals surface area contributed by atoms with E-state index in [1.165, 1.54) is 10.8 Å². The molecule has 4 rings (SSSR count). The van der Waals surface area contributed by atoms with Crippen molar-refractivity contribution in [1.82, 2.24) is 24.4 Å². The molecule has 1 amide bonds. The SMILES string of the molecule is CCN(Cc1nc2ccccc2c(=O)[nH]1)C(=O)Cn1c(=O)cnc2ccccc21. The number of benzene rings is 2. The minimum Gasteiger partial charge on any atom is -0.334 e. The van der Waals surface area contributed by atoms with Gasteiger partial charge in [0.2, 0.25) is 5.91 Å². The standard InChI is InChI=1S/C21H19N5O3/c1-2-25(12-18-23-15-8-4-3-7-14(15)21(29)24-18)20(28)13-26-17-10-6-5-9-16(17)22-11-19(26)27/h3-11H,2,12-13H2,1H3,(H,23,24,29). The van der Waals surface area contributed by atoms with Crippen molar-refractivity contribution in [2.45, 2.75) is 20.0 Å². The van der Waals surface area contributed by atoms with Crippen molar-refractivity contribution in [3.05, 3.63) is 81.3 Å². The van der Waals surface area contributed by atoms with E-state index in [-0.39, 0.29) is 30.1 Å². The van der Waals surface area contributed by atoms with Gasteiger partial charge >= 0.3 is 0 Å². The zero-order valence-electron chi connectivity index (χ0n) is 15.8. The van der Waals surface area contributed by atoms with Gasteiger partial charge < -0.3 is 9.88 Å². The van der Waals surface area contributed by atoms with E-state index >= 15 is 0 Å². The van der Waals surface area contributed by atoms with Crippen LogP contribution in [0.5, 0.6) is 0 Å². The largest absolute Gasteiger partial charge is 0.334 e. The first-order valence-corrected chi connectivity index (χ1v) is 9.27. The summed E-state index contributed by atoms with van der Waals surface area (Å²) in [6, 6.07) is 14.2. The molecule has 29 heavy (non-hydrogen) atoms. The molecule has 8 heteroatoms. The number of nitrogens with one attached hydrogen (secondary N) is 1. The maximum Gasteiger partial charge on any atom is 0.269 e. The van der Waals surface area contributed by atoms with Gasteiger partial charge in [-0.05, 0) is 31.2 Å². The van der Waals surface area contributed by atoms with Crippen LogP contribution in [0.2, 0.25) is 0 Å². The second-order valence-corrected chi connectivity index (χ2v) is 6.61. The van der Waals surface area contributed by atoms with Crippen LogP contribution in [0.4, 0.5) is 0 Å². The van der Waals surface area contributed by atoms with E-state index in [9.17, 15) is 14.4 Å². The summed E-state index contributed by atoms with van der Waals surface area (Å²) < 4.78 is 1.41. The molecule has 0 saturated heterocycles. The van der Waals surface area contributed by atoms with Crippen molar-refractivity contribution in [2.24, 2.45) is 0 Å². The summed E-state index contributed by atoms with van der Waals surface area (Å²) in [5, 5.41) is 0.500. The number of rotatable bonds is 5. The first kappa shape index (κ1) is 18.5. The molecule has 0 radical (unpaired) electrons. The minimum absolute atomic E-state index is 0.118. The monoisotopic (exact) mass is 389 g/mol. The Labute approximate surface area is 165 Å². The normalized spacial score (nSPS) is 11.1. The molecule has 0 bridgehead atoms. The van der Waals surface area contributed by atoms with Crippen LogP contribution in [-0.4, -0.2) is 36.9 Å². The second kappa shape index (κ2) is 7.67. The Morgan fingerprint density at radius 2 is 1.79 bits per heavy atom. The van der Waals surface area contributed by atoms with Crippen molar-refractivity contribution in [3.63, 3.8) is 0 Å². The lowest BCUT2D eigenvalue weighted by molar-refractivity contribution is -0.132. The van der Waals surface area contributed by atoms with Gasteiger partial charge in [-0.1, -0.05) is 24.3 Å². The van der Waals surface area contributed by atoms with Crippen LogP contribution in [0.1, 0.15) is 12.7 Å². The molecule has 2 heterocycles. The summed E-state index contributed by atoms with van der Waals surface area (Å²) in [5.41, 5.74) is 1.23. The number of aromatic amines is 1. The number of nitrogens with zero attached hydrogens (tertiary/aromatic N) is 4. The molecule has 8 nitrogen and oxygen atoms in total. The summed E-state index contributed by atoms with van der Waals surface area (Å²) in [4.78, 5) is 50.3. The molecular weight excluding hydrogens is 370 g/mol. The molecule has 2 aromatic carbocycles. The molecule has 0 aliphatic heterocycles. The number of carbonyl (C=O) groups excluding carboxylic acids is 1. The van der Waals surface area contributed by atoms with E-state index in [0.29, 0.717) is 34.3 Å². The van der Waals surface area contributed by atoms with Gasteiger partial charge in [0, 0.05) is 6.54 Å². The zero-order chi connectivity index (χ0) is 20.4. The third-order valence-corrected chi connectivity index (χ3v) is 4.78. The van der Waals surface area contributed by atoms with Gasteiger partial charge in [-0.25, -0.2) is 9.97 Å². The molecule has 146 valence electrons. The number of likely N-dealkylation sites (N-methyl/N-ethyl adjacent to an activating group) is 1. The Bertz CT molecular complexity index is 1330. The highest BCUT2D eigenvalue weighted by Gasteiger charge is 2.17. The predicted octanol–water partition coefficient (Wildman–Crippen LogP) is 1.68. The van der Waals surface area contributed by atoms with Gasteiger partial charge in [0.05, 0.1) is 34.7 Å². The maximum atomic E-state index is 12.9. The Kier molecular flexibility index (Phi) is 4.90. The fourth-order valence-corrected chi connectivity index (χ4v) is 3.28. The van der Waals surface area contributed by atoms with Crippen LogP contribution in [0, 0.1) is 0 Å². The molecule has 0 aliphatic carbocycles. The average molecular weight is 389 g/mol.